The van der Waals surface area contributed by atoms with Crippen LogP contribution in [0.5, 0.6) is 0 Å². The molecule has 2 rings (SSSR count). The Morgan fingerprint density at radius 3 is 2.50 bits per heavy atom. The van der Waals surface area contributed by atoms with Crippen molar-refractivity contribution in [2.24, 2.45) is 5.92 Å². The second-order valence-corrected chi connectivity index (χ2v) is 8.10. The van der Waals surface area contributed by atoms with Crippen LogP contribution in [-0.4, -0.2) is 34.9 Å². The molecule has 1 heterocycles. The van der Waals surface area contributed by atoms with Gasteiger partial charge in [-0.1, -0.05) is 51.1 Å². The zero-order chi connectivity index (χ0) is 20.5. The normalized spacial score (nSPS) is 12.0. The molecule has 0 N–H and O–H groups in total. The Balaban J connectivity index is 2.19. The third-order valence-electron chi connectivity index (χ3n) is 4.56. The zero-order valence-electron chi connectivity index (χ0n) is 17.2. The minimum atomic E-state index is -0.416. The van der Waals surface area contributed by atoms with Gasteiger partial charge in [0.15, 0.2) is 5.69 Å². The highest BCUT2D eigenvalue weighted by Gasteiger charge is 2.25. The van der Waals surface area contributed by atoms with Gasteiger partial charge >= 0.3 is 5.97 Å². The molecule has 0 fully saturated rings. The van der Waals surface area contributed by atoms with E-state index in [2.05, 4.69) is 18.8 Å². The van der Waals surface area contributed by atoms with Crippen molar-refractivity contribution in [3.8, 4) is 0 Å². The predicted molar refractivity (Wildman–Crippen MR) is 112 cm³/mol. The van der Waals surface area contributed by atoms with Gasteiger partial charge in [-0.2, -0.15) is 0 Å². The van der Waals surface area contributed by atoms with Crippen molar-refractivity contribution in [3.63, 3.8) is 0 Å². The van der Waals surface area contributed by atoms with E-state index >= 15 is 0 Å². The van der Waals surface area contributed by atoms with Crippen LogP contribution in [0.1, 0.15) is 67.5 Å². The van der Waals surface area contributed by atoms with Gasteiger partial charge in [-0.05, 0) is 31.2 Å². The zero-order valence-corrected chi connectivity index (χ0v) is 18.0. The number of benzene rings is 1. The number of ether oxygens (including phenoxy) is 1. The number of carbonyl (C=O) groups is 2. The van der Waals surface area contributed by atoms with Crippen molar-refractivity contribution in [2.75, 3.05) is 13.2 Å². The number of thiazole rings is 1. The van der Waals surface area contributed by atoms with Gasteiger partial charge in [0.25, 0.3) is 0 Å². The van der Waals surface area contributed by atoms with E-state index in [9.17, 15) is 9.59 Å². The second kappa shape index (κ2) is 11.0. The summed E-state index contributed by atoms with van der Waals surface area (Å²) in [6.45, 7) is 9.52. The van der Waals surface area contributed by atoms with Gasteiger partial charge in [0.1, 0.15) is 5.01 Å². The molecule has 1 atom stereocenters. The summed E-state index contributed by atoms with van der Waals surface area (Å²) in [5, 5.41) is 2.45. The maximum Gasteiger partial charge on any atom is 0.357 e. The molecule has 0 saturated heterocycles. The summed E-state index contributed by atoms with van der Waals surface area (Å²) in [5.74, 6) is 0.0272. The molecule has 1 aromatic carbocycles. The van der Waals surface area contributed by atoms with Crippen molar-refractivity contribution in [1.82, 2.24) is 9.88 Å². The summed E-state index contributed by atoms with van der Waals surface area (Å²) < 4.78 is 5.01. The average molecular weight is 403 g/mol. The minimum absolute atomic E-state index is 0.113. The Kier molecular flexibility index (Phi) is 8.64. The standard InChI is InChI=1S/C22H30N2O3S/c1-5-18(17-10-8-7-9-11-17)21(25)24(13-12-16(3)4)14-20-23-19(15-28-20)22(26)27-6-2/h7-11,15-16,18H,5-6,12-14H2,1-4H3/t18-/m1/s1. The first-order chi connectivity index (χ1) is 13.5. The lowest BCUT2D eigenvalue weighted by molar-refractivity contribution is -0.133. The molecule has 0 aliphatic rings. The van der Waals surface area contributed by atoms with Gasteiger partial charge in [0, 0.05) is 11.9 Å². The summed E-state index contributed by atoms with van der Waals surface area (Å²) in [7, 11) is 0. The van der Waals surface area contributed by atoms with Crippen LogP contribution in [0, 0.1) is 5.92 Å². The molecule has 28 heavy (non-hydrogen) atoms. The molecular weight excluding hydrogens is 372 g/mol. The largest absolute Gasteiger partial charge is 0.461 e. The van der Waals surface area contributed by atoms with Crippen molar-refractivity contribution in [1.29, 1.82) is 0 Å². The number of carbonyl (C=O) groups excluding carboxylic acids is 2. The highest BCUT2D eigenvalue weighted by atomic mass is 32.1. The van der Waals surface area contributed by atoms with E-state index in [-0.39, 0.29) is 11.8 Å². The molecule has 6 heteroatoms. The van der Waals surface area contributed by atoms with Gasteiger partial charge in [-0.15, -0.1) is 11.3 Å². The molecular formula is C22H30N2O3S. The first-order valence-corrected chi connectivity index (χ1v) is 10.8. The lowest BCUT2D eigenvalue weighted by Crippen LogP contribution is -2.36. The first-order valence-electron chi connectivity index (χ1n) is 9.91. The monoisotopic (exact) mass is 402 g/mol. The van der Waals surface area contributed by atoms with E-state index in [0.717, 1.165) is 23.4 Å². The molecule has 1 aromatic heterocycles. The fourth-order valence-corrected chi connectivity index (χ4v) is 3.76. The number of amides is 1. The SMILES string of the molecule is CCOC(=O)c1csc(CN(CCC(C)C)C(=O)[C@H](CC)c2ccccc2)n1. The summed E-state index contributed by atoms with van der Waals surface area (Å²) in [6.07, 6.45) is 1.67. The Morgan fingerprint density at radius 1 is 1.18 bits per heavy atom. The van der Waals surface area contributed by atoms with Gasteiger partial charge < -0.3 is 9.64 Å². The van der Waals surface area contributed by atoms with E-state index in [1.54, 1.807) is 12.3 Å². The number of rotatable bonds is 10. The van der Waals surface area contributed by atoms with Crippen LogP contribution in [0.25, 0.3) is 0 Å². The fourth-order valence-electron chi connectivity index (χ4n) is 2.99. The maximum atomic E-state index is 13.3. The van der Waals surface area contributed by atoms with E-state index in [1.807, 2.05) is 42.2 Å². The van der Waals surface area contributed by atoms with E-state index in [4.69, 9.17) is 4.74 Å². The molecule has 0 spiro atoms. The van der Waals surface area contributed by atoms with Crippen molar-refractivity contribution < 1.29 is 14.3 Å². The molecule has 5 nitrogen and oxygen atoms in total. The molecule has 0 aliphatic carbocycles. The summed E-state index contributed by atoms with van der Waals surface area (Å²) in [4.78, 5) is 31.5. The molecule has 0 saturated carbocycles. The predicted octanol–water partition coefficient (Wildman–Crippen LogP) is 4.89. The summed E-state index contributed by atoms with van der Waals surface area (Å²) in [5.41, 5.74) is 1.35. The van der Waals surface area contributed by atoms with Crippen molar-refractivity contribution in [2.45, 2.75) is 53.0 Å². The molecule has 0 radical (unpaired) electrons. The maximum absolute atomic E-state index is 13.3. The van der Waals surface area contributed by atoms with Gasteiger partial charge in [-0.25, -0.2) is 9.78 Å². The number of esters is 1. The van der Waals surface area contributed by atoms with Crippen LogP contribution < -0.4 is 0 Å². The third-order valence-corrected chi connectivity index (χ3v) is 5.39. The van der Waals surface area contributed by atoms with Gasteiger partial charge in [-0.3, -0.25) is 4.79 Å². The Labute approximate surface area is 171 Å². The molecule has 0 bridgehead atoms. The Morgan fingerprint density at radius 2 is 1.89 bits per heavy atom. The first kappa shape index (κ1) is 22.1. The molecule has 0 aliphatic heterocycles. The fraction of sp³-hybridized carbons (Fsp3) is 0.500. The molecule has 1 amide bonds. The Bertz CT molecular complexity index is 758. The second-order valence-electron chi connectivity index (χ2n) is 7.16. The number of nitrogens with zero attached hydrogens (tertiary/aromatic N) is 2. The quantitative estimate of drug-likeness (QED) is 0.531. The lowest BCUT2D eigenvalue weighted by atomic mass is 9.94. The lowest BCUT2D eigenvalue weighted by Gasteiger charge is -2.27. The minimum Gasteiger partial charge on any atom is -0.461 e. The summed E-state index contributed by atoms with van der Waals surface area (Å²) in [6, 6.07) is 9.92. The van der Waals surface area contributed by atoms with Crippen LogP contribution in [-0.2, 0) is 16.1 Å². The van der Waals surface area contributed by atoms with Crippen LogP contribution in [0.2, 0.25) is 0 Å². The van der Waals surface area contributed by atoms with E-state index in [1.165, 1.54) is 11.3 Å². The highest BCUT2D eigenvalue weighted by Crippen LogP contribution is 2.24. The number of hydrogen-bond acceptors (Lipinski definition) is 5. The van der Waals surface area contributed by atoms with Crippen LogP contribution in [0.15, 0.2) is 35.7 Å². The van der Waals surface area contributed by atoms with Gasteiger partial charge in [0.2, 0.25) is 5.91 Å². The average Bonchev–Trinajstić information content (AvgIpc) is 3.15. The third kappa shape index (κ3) is 6.16. The van der Waals surface area contributed by atoms with E-state index in [0.29, 0.717) is 31.3 Å². The van der Waals surface area contributed by atoms with E-state index < -0.39 is 5.97 Å². The van der Waals surface area contributed by atoms with Crippen molar-refractivity contribution >= 4 is 23.2 Å². The highest BCUT2D eigenvalue weighted by molar-refractivity contribution is 7.09. The smallest absolute Gasteiger partial charge is 0.357 e. The van der Waals surface area contributed by atoms with Crippen LogP contribution in [0.3, 0.4) is 0 Å². The van der Waals surface area contributed by atoms with Gasteiger partial charge in [0.05, 0.1) is 19.1 Å². The van der Waals surface area contributed by atoms with Crippen molar-refractivity contribution in [3.05, 3.63) is 52.0 Å². The Hall–Kier alpha value is -2.21. The molecule has 0 unspecified atom stereocenters. The number of hydrogen-bond donors (Lipinski definition) is 0. The molecule has 152 valence electrons. The molecule has 2 aromatic rings. The summed E-state index contributed by atoms with van der Waals surface area (Å²) >= 11 is 1.39. The topological polar surface area (TPSA) is 59.5 Å². The number of aromatic nitrogens is 1. The van der Waals surface area contributed by atoms with Crippen LogP contribution in [0.4, 0.5) is 0 Å². The van der Waals surface area contributed by atoms with Crippen LogP contribution >= 0.6 is 11.3 Å².